The molecule has 1 heterocycles. The minimum Gasteiger partial charge on any atom is -0.473 e. The van der Waals surface area contributed by atoms with Crippen molar-refractivity contribution in [2.45, 2.75) is 50.2 Å². The third-order valence-corrected chi connectivity index (χ3v) is 3.45. The van der Waals surface area contributed by atoms with Crippen LogP contribution in [0.1, 0.15) is 27.7 Å². The molecule has 3 N–H and O–H groups in total. The molecule has 17 heavy (non-hydrogen) atoms. The van der Waals surface area contributed by atoms with E-state index in [0.717, 1.165) is 0 Å². The van der Waals surface area contributed by atoms with E-state index in [9.17, 15) is 5.11 Å². The van der Waals surface area contributed by atoms with Crippen LogP contribution < -0.4 is 10.5 Å². The maximum atomic E-state index is 9.45. The molecule has 0 aliphatic heterocycles. The summed E-state index contributed by atoms with van der Waals surface area (Å²) in [5.74, 6) is 0.398. The van der Waals surface area contributed by atoms with E-state index in [1.54, 1.807) is 6.92 Å². The average Bonchev–Trinajstić information content (AvgIpc) is 2.23. The van der Waals surface area contributed by atoms with Gasteiger partial charge in [0.2, 0.25) is 5.88 Å². The highest BCUT2D eigenvalue weighted by molar-refractivity contribution is 8.00. The third kappa shape index (κ3) is 4.05. The van der Waals surface area contributed by atoms with Crippen LogP contribution in [0.3, 0.4) is 0 Å². The van der Waals surface area contributed by atoms with Gasteiger partial charge in [-0.3, -0.25) is 0 Å². The molecule has 2 atom stereocenters. The van der Waals surface area contributed by atoms with E-state index < -0.39 is 6.10 Å². The molecule has 0 amide bonds. The first-order valence-electron chi connectivity index (χ1n) is 5.53. The molecule has 2 unspecified atom stereocenters. The van der Waals surface area contributed by atoms with Gasteiger partial charge >= 0.3 is 0 Å². The Balaban J connectivity index is 2.86. The average molecular weight is 257 g/mol. The number of nitrogens with zero attached hydrogens (tertiary/aromatic N) is 2. The SMILES string of the molecule is CC(C)Oc1ncnc(SC(C)C(C)O)c1N. The zero-order valence-electron chi connectivity index (χ0n) is 10.5. The summed E-state index contributed by atoms with van der Waals surface area (Å²) in [6.07, 6.45) is 1.01. The molecule has 0 aromatic carbocycles. The lowest BCUT2D eigenvalue weighted by molar-refractivity contribution is 0.196. The number of nitrogens with two attached hydrogens (primary N) is 1. The van der Waals surface area contributed by atoms with Gasteiger partial charge in [0.25, 0.3) is 0 Å². The van der Waals surface area contributed by atoms with Gasteiger partial charge in [0.15, 0.2) is 0 Å². The molecule has 1 aromatic rings. The standard InChI is InChI=1S/C11H19N3O2S/c1-6(2)16-10-9(12)11(14-5-13-10)17-8(4)7(3)15/h5-8,15H,12H2,1-4H3. The van der Waals surface area contributed by atoms with Crippen molar-refractivity contribution in [3.63, 3.8) is 0 Å². The van der Waals surface area contributed by atoms with Crippen LogP contribution in [0.15, 0.2) is 11.4 Å². The van der Waals surface area contributed by atoms with Crippen molar-refractivity contribution in [2.24, 2.45) is 0 Å². The van der Waals surface area contributed by atoms with Crippen LogP contribution in [0.4, 0.5) is 5.69 Å². The molecule has 5 nitrogen and oxygen atoms in total. The summed E-state index contributed by atoms with van der Waals surface area (Å²) in [5.41, 5.74) is 6.36. The lowest BCUT2D eigenvalue weighted by atomic mass is 10.3. The van der Waals surface area contributed by atoms with Gasteiger partial charge in [-0.2, -0.15) is 4.98 Å². The van der Waals surface area contributed by atoms with Crippen LogP contribution in [-0.4, -0.2) is 32.5 Å². The minimum atomic E-state index is -0.427. The predicted molar refractivity (Wildman–Crippen MR) is 69.2 cm³/mol. The Morgan fingerprint density at radius 3 is 2.47 bits per heavy atom. The van der Waals surface area contributed by atoms with Crippen molar-refractivity contribution in [1.29, 1.82) is 0 Å². The van der Waals surface area contributed by atoms with Crippen molar-refractivity contribution in [3.05, 3.63) is 6.33 Å². The van der Waals surface area contributed by atoms with Gasteiger partial charge < -0.3 is 15.6 Å². The Kier molecular flexibility index (Phi) is 5.02. The van der Waals surface area contributed by atoms with E-state index in [1.807, 2.05) is 20.8 Å². The highest BCUT2D eigenvalue weighted by Crippen LogP contribution is 2.32. The largest absolute Gasteiger partial charge is 0.473 e. The van der Waals surface area contributed by atoms with Crippen LogP contribution >= 0.6 is 11.8 Å². The first-order valence-corrected chi connectivity index (χ1v) is 6.41. The summed E-state index contributed by atoms with van der Waals surface area (Å²) in [4.78, 5) is 8.10. The summed E-state index contributed by atoms with van der Waals surface area (Å²) >= 11 is 1.41. The van der Waals surface area contributed by atoms with Gasteiger partial charge in [-0.1, -0.05) is 18.7 Å². The van der Waals surface area contributed by atoms with Crippen molar-refractivity contribution in [3.8, 4) is 5.88 Å². The predicted octanol–water partition coefficient (Wildman–Crippen LogP) is 1.71. The number of nitrogen functional groups attached to an aromatic ring is 1. The summed E-state index contributed by atoms with van der Waals surface area (Å²) in [6.45, 7) is 7.47. The van der Waals surface area contributed by atoms with Crippen LogP contribution in [0.25, 0.3) is 0 Å². The number of anilines is 1. The normalized spacial score (nSPS) is 14.7. The molecular formula is C11H19N3O2S. The number of aliphatic hydroxyl groups is 1. The van der Waals surface area contributed by atoms with Crippen molar-refractivity contribution < 1.29 is 9.84 Å². The van der Waals surface area contributed by atoms with E-state index in [-0.39, 0.29) is 11.4 Å². The summed E-state index contributed by atoms with van der Waals surface area (Å²) in [7, 11) is 0. The topological polar surface area (TPSA) is 81.3 Å². The molecule has 0 spiro atoms. The highest BCUT2D eigenvalue weighted by Gasteiger charge is 2.16. The maximum absolute atomic E-state index is 9.45. The first kappa shape index (κ1) is 14.1. The smallest absolute Gasteiger partial charge is 0.241 e. The zero-order valence-corrected chi connectivity index (χ0v) is 11.4. The molecule has 1 aromatic heterocycles. The number of hydrogen-bond acceptors (Lipinski definition) is 6. The second-order valence-electron chi connectivity index (χ2n) is 4.13. The van der Waals surface area contributed by atoms with Crippen LogP contribution in [0, 0.1) is 0 Å². The Morgan fingerprint density at radius 1 is 1.29 bits per heavy atom. The Hall–Kier alpha value is -1.01. The van der Waals surface area contributed by atoms with Gasteiger partial charge in [-0.15, -0.1) is 0 Å². The van der Waals surface area contributed by atoms with Crippen LogP contribution in [0.2, 0.25) is 0 Å². The molecule has 0 fully saturated rings. The zero-order chi connectivity index (χ0) is 13.0. The van der Waals surface area contributed by atoms with Gasteiger partial charge in [-0.25, -0.2) is 4.98 Å². The quantitative estimate of drug-likeness (QED) is 0.617. The molecule has 96 valence electrons. The van der Waals surface area contributed by atoms with E-state index in [2.05, 4.69) is 9.97 Å². The molecule has 0 saturated heterocycles. The molecule has 0 aliphatic carbocycles. The number of aromatic nitrogens is 2. The molecule has 0 bridgehead atoms. The Bertz CT molecular complexity index is 372. The highest BCUT2D eigenvalue weighted by atomic mass is 32.2. The summed E-state index contributed by atoms with van der Waals surface area (Å²) in [5, 5.41) is 10.1. The third-order valence-electron chi connectivity index (χ3n) is 2.13. The van der Waals surface area contributed by atoms with Crippen molar-refractivity contribution >= 4 is 17.4 Å². The number of hydrogen-bond donors (Lipinski definition) is 2. The van der Waals surface area contributed by atoms with E-state index >= 15 is 0 Å². The van der Waals surface area contributed by atoms with Gasteiger partial charge in [0.1, 0.15) is 17.0 Å². The minimum absolute atomic E-state index is 0.0131. The number of rotatable bonds is 5. The second-order valence-corrected chi connectivity index (χ2v) is 5.49. The fraction of sp³-hybridized carbons (Fsp3) is 0.636. The molecule has 0 saturated carbocycles. The molecule has 6 heteroatoms. The van der Waals surface area contributed by atoms with Gasteiger partial charge in [-0.05, 0) is 20.8 Å². The maximum Gasteiger partial charge on any atom is 0.241 e. The molecular weight excluding hydrogens is 238 g/mol. The lowest BCUT2D eigenvalue weighted by Gasteiger charge is -2.16. The van der Waals surface area contributed by atoms with E-state index in [4.69, 9.17) is 10.5 Å². The van der Waals surface area contributed by atoms with Crippen molar-refractivity contribution in [1.82, 2.24) is 9.97 Å². The summed E-state index contributed by atoms with van der Waals surface area (Å²) in [6, 6.07) is 0. The molecule has 0 aliphatic rings. The molecule has 1 rings (SSSR count). The number of thioether (sulfide) groups is 1. The Labute approximate surface area is 106 Å². The van der Waals surface area contributed by atoms with Crippen LogP contribution in [-0.2, 0) is 0 Å². The fourth-order valence-corrected chi connectivity index (χ4v) is 1.92. The first-order chi connectivity index (χ1) is 7.91. The fourth-order valence-electron chi connectivity index (χ4n) is 1.05. The van der Waals surface area contributed by atoms with Gasteiger partial charge in [0.05, 0.1) is 12.2 Å². The summed E-state index contributed by atoms with van der Waals surface area (Å²) < 4.78 is 5.48. The van der Waals surface area contributed by atoms with E-state index in [1.165, 1.54) is 18.1 Å². The number of ether oxygens (including phenoxy) is 1. The van der Waals surface area contributed by atoms with Crippen LogP contribution in [0.5, 0.6) is 5.88 Å². The van der Waals surface area contributed by atoms with Crippen molar-refractivity contribution in [2.75, 3.05) is 5.73 Å². The lowest BCUT2D eigenvalue weighted by Crippen LogP contribution is -2.16. The molecule has 0 radical (unpaired) electrons. The Morgan fingerprint density at radius 2 is 1.94 bits per heavy atom. The second kappa shape index (κ2) is 6.07. The van der Waals surface area contributed by atoms with Gasteiger partial charge in [0, 0.05) is 5.25 Å². The number of aliphatic hydroxyl groups excluding tert-OH is 1. The monoisotopic (exact) mass is 257 g/mol. The van der Waals surface area contributed by atoms with E-state index in [0.29, 0.717) is 16.6 Å².